The van der Waals surface area contributed by atoms with Crippen molar-refractivity contribution in [3.05, 3.63) is 27.7 Å². The van der Waals surface area contributed by atoms with Gasteiger partial charge in [-0.25, -0.2) is 0 Å². The van der Waals surface area contributed by atoms with E-state index in [1.54, 1.807) is 18.2 Å². The van der Waals surface area contributed by atoms with Gasteiger partial charge in [0.2, 0.25) is 0 Å². The van der Waals surface area contributed by atoms with Gasteiger partial charge in [0.1, 0.15) is 5.75 Å². The van der Waals surface area contributed by atoms with Crippen molar-refractivity contribution in [2.75, 3.05) is 19.8 Å². The molecule has 0 atom stereocenters. The third kappa shape index (κ3) is 6.11. The molecule has 20 heavy (non-hydrogen) atoms. The molecule has 1 aromatic carbocycles. The Kier molecular flexibility index (Phi) is 6.79. The number of aliphatic hydroxyl groups is 1. The second-order valence-corrected chi connectivity index (χ2v) is 6.60. The van der Waals surface area contributed by atoms with Gasteiger partial charge < -0.3 is 15.2 Å². The van der Waals surface area contributed by atoms with Crippen molar-refractivity contribution < 1.29 is 14.6 Å². The zero-order valence-electron chi connectivity index (χ0n) is 11.6. The van der Waals surface area contributed by atoms with E-state index in [9.17, 15) is 4.79 Å². The first-order valence-corrected chi connectivity index (χ1v) is 7.46. The van der Waals surface area contributed by atoms with Crippen LogP contribution >= 0.6 is 27.5 Å². The van der Waals surface area contributed by atoms with Crippen LogP contribution < -0.4 is 10.1 Å². The van der Waals surface area contributed by atoms with Crippen LogP contribution in [-0.4, -0.2) is 30.8 Å². The van der Waals surface area contributed by atoms with E-state index in [4.69, 9.17) is 21.4 Å². The Bertz CT molecular complexity index is 466. The first-order chi connectivity index (χ1) is 9.34. The maximum absolute atomic E-state index is 11.7. The number of rotatable bonds is 7. The first-order valence-electron chi connectivity index (χ1n) is 6.29. The molecule has 0 aliphatic carbocycles. The standard InChI is InChI=1S/C14H19BrClNO3/c1-14(2,5-6-18)9-17-13(19)8-20-12-4-3-10(15)7-11(12)16/h3-4,7,18H,5-6,8-9H2,1-2H3,(H,17,19). The summed E-state index contributed by atoms with van der Waals surface area (Å²) in [6.45, 7) is 4.47. The fourth-order valence-corrected chi connectivity index (χ4v) is 2.24. The minimum Gasteiger partial charge on any atom is -0.482 e. The molecule has 0 radical (unpaired) electrons. The maximum Gasteiger partial charge on any atom is 0.257 e. The van der Waals surface area contributed by atoms with E-state index in [-0.39, 0.29) is 24.5 Å². The largest absolute Gasteiger partial charge is 0.482 e. The zero-order valence-corrected chi connectivity index (χ0v) is 13.9. The maximum atomic E-state index is 11.7. The van der Waals surface area contributed by atoms with E-state index < -0.39 is 0 Å². The van der Waals surface area contributed by atoms with Crippen LogP contribution in [0.25, 0.3) is 0 Å². The van der Waals surface area contributed by atoms with Crippen LogP contribution in [0.1, 0.15) is 20.3 Å². The Morgan fingerprint density at radius 2 is 2.20 bits per heavy atom. The molecule has 0 heterocycles. The number of aliphatic hydroxyl groups excluding tert-OH is 1. The van der Waals surface area contributed by atoms with Crippen molar-refractivity contribution in [2.45, 2.75) is 20.3 Å². The quantitative estimate of drug-likeness (QED) is 0.782. The van der Waals surface area contributed by atoms with Crippen LogP contribution in [0.2, 0.25) is 5.02 Å². The summed E-state index contributed by atoms with van der Waals surface area (Å²) in [6.07, 6.45) is 0.632. The van der Waals surface area contributed by atoms with Crippen LogP contribution in [0.4, 0.5) is 0 Å². The van der Waals surface area contributed by atoms with E-state index in [0.29, 0.717) is 23.7 Å². The number of hydrogen-bond donors (Lipinski definition) is 2. The third-order valence-corrected chi connectivity index (χ3v) is 3.59. The minimum absolute atomic E-state index is 0.0867. The minimum atomic E-state index is -0.213. The molecule has 6 heteroatoms. The van der Waals surface area contributed by atoms with Crippen molar-refractivity contribution in [1.82, 2.24) is 5.32 Å². The summed E-state index contributed by atoms with van der Waals surface area (Å²) in [5.74, 6) is 0.259. The van der Waals surface area contributed by atoms with Gasteiger partial charge in [0.05, 0.1) is 5.02 Å². The summed E-state index contributed by atoms with van der Waals surface area (Å²) >= 11 is 9.29. The molecular formula is C14H19BrClNO3. The van der Waals surface area contributed by atoms with E-state index in [1.807, 2.05) is 13.8 Å². The Hall–Kier alpha value is -0.780. The molecule has 0 aromatic heterocycles. The highest BCUT2D eigenvalue weighted by atomic mass is 79.9. The van der Waals surface area contributed by atoms with Crippen LogP contribution in [0, 0.1) is 5.41 Å². The van der Waals surface area contributed by atoms with E-state index in [1.165, 1.54) is 0 Å². The molecule has 4 nitrogen and oxygen atoms in total. The SMILES string of the molecule is CC(C)(CCO)CNC(=O)COc1ccc(Br)cc1Cl. The number of ether oxygens (including phenoxy) is 1. The van der Waals surface area contributed by atoms with Crippen LogP contribution in [0.3, 0.4) is 0 Å². The number of amides is 1. The molecule has 1 rings (SSSR count). The van der Waals surface area contributed by atoms with Gasteiger partial charge in [-0.05, 0) is 30.0 Å². The molecule has 0 aliphatic rings. The summed E-state index contributed by atoms with van der Waals surface area (Å²) in [7, 11) is 0. The fraction of sp³-hybridized carbons (Fsp3) is 0.500. The molecule has 0 spiro atoms. The van der Waals surface area contributed by atoms with Crippen LogP contribution in [-0.2, 0) is 4.79 Å². The number of benzene rings is 1. The molecule has 1 amide bonds. The summed E-state index contributed by atoms with van der Waals surface area (Å²) in [5.41, 5.74) is -0.139. The van der Waals surface area contributed by atoms with Crippen molar-refractivity contribution in [1.29, 1.82) is 0 Å². The summed E-state index contributed by atoms with van der Waals surface area (Å²) in [5, 5.41) is 12.1. The van der Waals surface area contributed by atoms with Crippen molar-refractivity contribution >= 4 is 33.4 Å². The van der Waals surface area contributed by atoms with E-state index >= 15 is 0 Å². The Labute approximate surface area is 132 Å². The molecule has 0 saturated heterocycles. The van der Waals surface area contributed by atoms with Gasteiger partial charge in [0.15, 0.2) is 6.61 Å². The molecule has 0 bridgehead atoms. The fourth-order valence-electron chi connectivity index (χ4n) is 1.52. The van der Waals surface area contributed by atoms with Crippen molar-refractivity contribution in [3.8, 4) is 5.75 Å². The third-order valence-electron chi connectivity index (χ3n) is 2.81. The molecule has 0 saturated carbocycles. The zero-order chi connectivity index (χ0) is 15.2. The number of halogens is 2. The lowest BCUT2D eigenvalue weighted by Crippen LogP contribution is -2.37. The number of hydrogen-bond acceptors (Lipinski definition) is 3. The summed E-state index contributed by atoms with van der Waals surface area (Å²) < 4.78 is 6.22. The van der Waals surface area contributed by atoms with Crippen molar-refractivity contribution in [3.63, 3.8) is 0 Å². The highest BCUT2D eigenvalue weighted by Crippen LogP contribution is 2.27. The Morgan fingerprint density at radius 1 is 1.50 bits per heavy atom. The van der Waals surface area contributed by atoms with Gasteiger partial charge >= 0.3 is 0 Å². The second kappa shape index (κ2) is 7.86. The number of carbonyl (C=O) groups excluding carboxylic acids is 1. The molecule has 112 valence electrons. The Morgan fingerprint density at radius 3 is 2.80 bits per heavy atom. The lowest BCUT2D eigenvalue weighted by molar-refractivity contribution is -0.123. The lowest BCUT2D eigenvalue weighted by atomic mass is 9.90. The predicted molar refractivity (Wildman–Crippen MR) is 83.1 cm³/mol. The van der Waals surface area contributed by atoms with Gasteiger partial charge in [0.25, 0.3) is 5.91 Å². The van der Waals surface area contributed by atoms with Gasteiger partial charge in [0, 0.05) is 17.6 Å². The topological polar surface area (TPSA) is 58.6 Å². The van der Waals surface area contributed by atoms with Crippen molar-refractivity contribution in [2.24, 2.45) is 5.41 Å². The van der Waals surface area contributed by atoms with Crippen LogP contribution in [0.5, 0.6) is 5.75 Å². The smallest absolute Gasteiger partial charge is 0.257 e. The molecular weight excluding hydrogens is 346 g/mol. The van der Waals surface area contributed by atoms with Gasteiger partial charge in [-0.15, -0.1) is 0 Å². The number of nitrogens with one attached hydrogen (secondary N) is 1. The molecule has 1 aromatic rings. The first kappa shape index (κ1) is 17.3. The lowest BCUT2D eigenvalue weighted by Gasteiger charge is -2.23. The molecule has 0 aliphatic heterocycles. The average Bonchev–Trinajstić information content (AvgIpc) is 2.35. The number of carbonyl (C=O) groups is 1. The normalized spacial score (nSPS) is 11.2. The Balaban J connectivity index is 2.40. The van der Waals surface area contributed by atoms with Gasteiger partial charge in [-0.2, -0.15) is 0 Å². The monoisotopic (exact) mass is 363 g/mol. The van der Waals surface area contributed by atoms with E-state index in [2.05, 4.69) is 21.2 Å². The average molecular weight is 365 g/mol. The summed E-state index contributed by atoms with van der Waals surface area (Å²) in [6, 6.07) is 5.21. The molecule has 2 N–H and O–H groups in total. The van der Waals surface area contributed by atoms with Crippen LogP contribution in [0.15, 0.2) is 22.7 Å². The predicted octanol–water partition coefficient (Wildman–Crippen LogP) is 3.01. The van der Waals surface area contributed by atoms with Gasteiger partial charge in [-0.1, -0.05) is 41.4 Å². The van der Waals surface area contributed by atoms with E-state index in [0.717, 1.165) is 4.47 Å². The highest BCUT2D eigenvalue weighted by molar-refractivity contribution is 9.10. The van der Waals surface area contributed by atoms with Gasteiger partial charge in [-0.3, -0.25) is 4.79 Å². The molecule has 0 fully saturated rings. The highest BCUT2D eigenvalue weighted by Gasteiger charge is 2.18. The second-order valence-electron chi connectivity index (χ2n) is 5.28. The summed E-state index contributed by atoms with van der Waals surface area (Å²) in [4.78, 5) is 11.7. The molecule has 0 unspecified atom stereocenters.